The summed E-state index contributed by atoms with van der Waals surface area (Å²) < 4.78 is 5.82. The summed E-state index contributed by atoms with van der Waals surface area (Å²) in [7, 11) is 0. The van der Waals surface area contributed by atoms with E-state index in [0.717, 1.165) is 32.3 Å². The third kappa shape index (κ3) is 2.97. The van der Waals surface area contributed by atoms with Gasteiger partial charge in [0, 0.05) is 26.1 Å². The molecule has 5 nitrogen and oxygen atoms in total. The Labute approximate surface area is 101 Å². The van der Waals surface area contributed by atoms with Crippen molar-refractivity contribution in [3.8, 4) is 0 Å². The van der Waals surface area contributed by atoms with Gasteiger partial charge in [-0.05, 0) is 25.7 Å². The molecule has 0 radical (unpaired) electrons. The zero-order chi connectivity index (χ0) is 12.3. The van der Waals surface area contributed by atoms with E-state index in [1.54, 1.807) is 4.90 Å². The van der Waals surface area contributed by atoms with Crippen molar-refractivity contribution in [1.29, 1.82) is 0 Å². The summed E-state index contributed by atoms with van der Waals surface area (Å²) in [4.78, 5) is 24.0. The van der Waals surface area contributed by atoms with Gasteiger partial charge in [0.15, 0.2) is 0 Å². The van der Waals surface area contributed by atoms with E-state index in [0.29, 0.717) is 13.1 Å². The highest BCUT2D eigenvalue weighted by Crippen LogP contribution is 2.34. The first-order valence-corrected chi connectivity index (χ1v) is 6.25. The van der Waals surface area contributed by atoms with Gasteiger partial charge in [-0.3, -0.25) is 9.59 Å². The number of rotatable bonds is 3. The largest absolute Gasteiger partial charge is 0.481 e. The Morgan fingerprint density at radius 2 is 2.06 bits per heavy atom. The maximum absolute atomic E-state index is 11.8. The number of ether oxygens (including phenoxy) is 1. The number of hydrogen-bond acceptors (Lipinski definition) is 3. The van der Waals surface area contributed by atoms with Crippen molar-refractivity contribution in [3.63, 3.8) is 0 Å². The van der Waals surface area contributed by atoms with E-state index in [1.165, 1.54) is 0 Å². The van der Waals surface area contributed by atoms with E-state index < -0.39 is 5.97 Å². The lowest BCUT2D eigenvalue weighted by Crippen LogP contribution is -2.40. The quantitative estimate of drug-likeness (QED) is 0.801. The Balaban J connectivity index is 1.84. The number of aliphatic carboxylic acids is 1. The number of carbonyl (C=O) groups is 2. The van der Waals surface area contributed by atoms with Crippen LogP contribution in [0, 0.1) is 0 Å². The highest BCUT2D eigenvalue weighted by molar-refractivity contribution is 5.81. The Morgan fingerprint density at radius 1 is 1.24 bits per heavy atom. The van der Waals surface area contributed by atoms with Gasteiger partial charge < -0.3 is 14.7 Å². The first kappa shape index (κ1) is 12.4. The molecule has 5 heteroatoms. The number of carbonyl (C=O) groups excluding carboxylic acids is 1. The molecule has 0 aliphatic carbocycles. The van der Waals surface area contributed by atoms with Crippen LogP contribution in [0.15, 0.2) is 0 Å². The Kier molecular flexibility index (Phi) is 3.66. The van der Waals surface area contributed by atoms with E-state index in [-0.39, 0.29) is 24.3 Å². The third-order valence-electron chi connectivity index (χ3n) is 3.66. The lowest BCUT2D eigenvalue weighted by Gasteiger charge is -2.33. The molecule has 0 saturated carbocycles. The molecule has 0 bridgehead atoms. The van der Waals surface area contributed by atoms with E-state index >= 15 is 0 Å². The second kappa shape index (κ2) is 5.04. The maximum atomic E-state index is 11.8. The zero-order valence-electron chi connectivity index (χ0n) is 9.98. The second-order valence-corrected chi connectivity index (χ2v) is 4.95. The first-order valence-electron chi connectivity index (χ1n) is 6.25. The predicted molar refractivity (Wildman–Crippen MR) is 60.6 cm³/mol. The normalized spacial score (nSPS) is 28.6. The van der Waals surface area contributed by atoms with Crippen molar-refractivity contribution in [1.82, 2.24) is 4.90 Å². The molecule has 0 aromatic heterocycles. The molecule has 17 heavy (non-hydrogen) atoms. The van der Waals surface area contributed by atoms with Crippen molar-refractivity contribution >= 4 is 11.9 Å². The fourth-order valence-corrected chi connectivity index (χ4v) is 2.66. The first-order chi connectivity index (χ1) is 8.11. The smallest absolute Gasteiger partial charge is 0.303 e. The molecule has 0 aromatic rings. The maximum Gasteiger partial charge on any atom is 0.303 e. The van der Waals surface area contributed by atoms with Crippen molar-refractivity contribution in [2.24, 2.45) is 0 Å². The van der Waals surface area contributed by atoms with Crippen molar-refractivity contribution in [2.45, 2.75) is 44.1 Å². The van der Waals surface area contributed by atoms with Gasteiger partial charge in [-0.1, -0.05) is 0 Å². The summed E-state index contributed by atoms with van der Waals surface area (Å²) in [6.45, 7) is 2.14. The third-order valence-corrected chi connectivity index (χ3v) is 3.66. The van der Waals surface area contributed by atoms with Crippen LogP contribution >= 0.6 is 0 Å². The van der Waals surface area contributed by atoms with Crippen molar-refractivity contribution in [2.75, 3.05) is 19.7 Å². The summed E-state index contributed by atoms with van der Waals surface area (Å²) >= 11 is 0. The monoisotopic (exact) mass is 241 g/mol. The number of amides is 1. The lowest BCUT2D eigenvalue weighted by molar-refractivity contribution is -0.141. The van der Waals surface area contributed by atoms with E-state index in [4.69, 9.17) is 9.84 Å². The van der Waals surface area contributed by atoms with Crippen LogP contribution in [0.2, 0.25) is 0 Å². The van der Waals surface area contributed by atoms with Crippen LogP contribution in [-0.4, -0.2) is 47.2 Å². The molecule has 0 aromatic carbocycles. The number of likely N-dealkylation sites (tertiary alicyclic amines) is 1. The number of hydrogen-bond donors (Lipinski definition) is 1. The predicted octanol–water partition coefficient (Wildman–Crippen LogP) is 1.02. The minimum absolute atomic E-state index is 0.0570. The van der Waals surface area contributed by atoms with Crippen LogP contribution in [0.1, 0.15) is 38.5 Å². The molecular formula is C12H19NO4. The number of carboxylic acid groups (broad SMARTS) is 1. The number of nitrogens with zero attached hydrogens (tertiary/aromatic N) is 1. The standard InChI is InChI=1S/C12H19NO4/c14-10(3-4-11(15)16)13-7-6-12(9-13)5-1-2-8-17-12/h1-9H2,(H,15,16)/t12-/m1/s1. The van der Waals surface area contributed by atoms with Gasteiger partial charge in [0.2, 0.25) is 5.91 Å². The van der Waals surface area contributed by atoms with Crippen LogP contribution in [-0.2, 0) is 14.3 Å². The summed E-state index contributed by atoms with van der Waals surface area (Å²) in [6, 6.07) is 0. The fraction of sp³-hybridized carbons (Fsp3) is 0.833. The Morgan fingerprint density at radius 3 is 2.71 bits per heavy atom. The molecule has 96 valence electrons. The molecule has 1 amide bonds. The van der Waals surface area contributed by atoms with E-state index in [9.17, 15) is 9.59 Å². The highest BCUT2D eigenvalue weighted by atomic mass is 16.5. The van der Waals surface area contributed by atoms with Crippen LogP contribution in [0.5, 0.6) is 0 Å². The highest BCUT2D eigenvalue weighted by Gasteiger charge is 2.41. The van der Waals surface area contributed by atoms with Gasteiger partial charge in [-0.15, -0.1) is 0 Å². The molecule has 0 unspecified atom stereocenters. The van der Waals surface area contributed by atoms with Gasteiger partial charge in [0.25, 0.3) is 0 Å². The molecule has 1 N–H and O–H groups in total. The molecule has 1 atom stereocenters. The topological polar surface area (TPSA) is 66.8 Å². The second-order valence-electron chi connectivity index (χ2n) is 4.95. The SMILES string of the molecule is O=C(O)CCC(=O)N1CC[C@]2(CCCCO2)C1. The fourth-order valence-electron chi connectivity index (χ4n) is 2.66. The summed E-state index contributed by atoms with van der Waals surface area (Å²) in [5.41, 5.74) is -0.128. The van der Waals surface area contributed by atoms with E-state index in [1.807, 2.05) is 0 Å². The molecular weight excluding hydrogens is 222 g/mol. The minimum Gasteiger partial charge on any atom is -0.481 e. The van der Waals surface area contributed by atoms with Crippen molar-refractivity contribution < 1.29 is 19.4 Å². The van der Waals surface area contributed by atoms with Crippen LogP contribution in [0.25, 0.3) is 0 Å². The van der Waals surface area contributed by atoms with Crippen LogP contribution in [0.4, 0.5) is 0 Å². The molecule has 2 aliphatic heterocycles. The van der Waals surface area contributed by atoms with Gasteiger partial charge in [-0.25, -0.2) is 0 Å². The number of carboxylic acids is 1. The average molecular weight is 241 g/mol. The van der Waals surface area contributed by atoms with Gasteiger partial charge >= 0.3 is 5.97 Å². The molecule has 2 heterocycles. The lowest BCUT2D eigenvalue weighted by atomic mass is 9.93. The summed E-state index contributed by atoms with van der Waals surface area (Å²) in [5, 5.41) is 8.55. The van der Waals surface area contributed by atoms with E-state index in [2.05, 4.69) is 0 Å². The molecule has 2 fully saturated rings. The van der Waals surface area contributed by atoms with Crippen LogP contribution < -0.4 is 0 Å². The molecule has 2 saturated heterocycles. The van der Waals surface area contributed by atoms with Crippen molar-refractivity contribution in [3.05, 3.63) is 0 Å². The molecule has 2 rings (SSSR count). The Bertz CT molecular complexity index is 310. The van der Waals surface area contributed by atoms with Gasteiger partial charge in [0.05, 0.1) is 12.0 Å². The summed E-state index contributed by atoms with van der Waals surface area (Å²) in [5.74, 6) is -0.973. The molecule has 2 aliphatic rings. The zero-order valence-corrected chi connectivity index (χ0v) is 9.98. The Hall–Kier alpha value is -1.10. The molecule has 1 spiro atoms. The van der Waals surface area contributed by atoms with Gasteiger partial charge in [-0.2, -0.15) is 0 Å². The summed E-state index contributed by atoms with van der Waals surface area (Å²) in [6.07, 6.45) is 4.21. The van der Waals surface area contributed by atoms with Gasteiger partial charge in [0.1, 0.15) is 0 Å². The van der Waals surface area contributed by atoms with Crippen LogP contribution in [0.3, 0.4) is 0 Å². The minimum atomic E-state index is -0.916. The average Bonchev–Trinajstić information content (AvgIpc) is 2.71.